The number of carbonyl (C=O) groups is 2. The largest absolute Gasteiger partial charge is 0.302 e. The van der Waals surface area contributed by atoms with Crippen LogP contribution in [0.3, 0.4) is 0 Å². The van der Waals surface area contributed by atoms with Crippen LogP contribution in [0, 0.1) is 5.41 Å². The van der Waals surface area contributed by atoms with Crippen molar-refractivity contribution in [3.63, 3.8) is 0 Å². The average molecular weight is 292 g/mol. The van der Waals surface area contributed by atoms with Crippen molar-refractivity contribution in [3.05, 3.63) is 23.3 Å². The lowest BCUT2D eigenvalue weighted by atomic mass is 9.81. The fourth-order valence-corrected chi connectivity index (χ4v) is 2.56. The van der Waals surface area contributed by atoms with Crippen LogP contribution in [0.4, 0.5) is 0 Å². The minimum absolute atomic E-state index is 0.630. The van der Waals surface area contributed by atoms with Crippen LogP contribution in [0.15, 0.2) is 23.3 Å². The predicted octanol–water partition coefficient (Wildman–Crippen LogP) is 5.42. The van der Waals surface area contributed by atoms with E-state index in [1.807, 2.05) is 0 Å². The Labute approximate surface area is 130 Å². The van der Waals surface area contributed by atoms with Crippen molar-refractivity contribution in [1.29, 1.82) is 0 Å². The van der Waals surface area contributed by atoms with Gasteiger partial charge in [-0.1, -0.05) is 51.0 Å². The molecular formula is C19H32O2. The van der Waals surface area contributed by atoms with Crippen LogP contribution in [0.25, 0.3) is 0 Å². The van der Waals surface area contributed by atoms with E-state index < -0.39 is 5.41 Å². The fraction of sp³-hybridized carbons (Fsp3) is 0.684. The van der Waals surface area contributed by atoms with Gasteiger partial charge in [0.2, 0.25) is 0 Å². The molecule has 2 nitrogen and oxygen atoms in total. The van der Waals surface area contributed by atoms with E-state index in [4.69, 9.17) is 0 Å². The molecule has 0 aromatic heterocycles. The van der Waals surface area contributed by atoms with Crippen LogP contribution in [0.2, 0.25) is 0 Å². The van der Waals surface area contributed by atoms with Crippen molar-refractivity contribution in [2.75, 3.05) is 0 Å². The molecule has 0 aromatic carbocycles. The number of carbonyl (C=O) groups excluding carboxylic acids is 2. The molecule has 0 spiro atoms. The zero-order valence-electron chi connectivity index (χ0n) is 14.3. The standard InChI is InChI=1S/C19H32O2/c1-5-17(6-2)11-9-13-19(15-20,16-21)14-10-12-18(7-3)8-4/h11-12,15-16H,5-10,13-14H2,1-4H3. The molecule has 0 unspecified atom stereocenters. The van der Waals surface area contributed by atoms with Gasteiger partial charge in [0, 0.05) is 0 Å². The Balaban J connectivity index is 4.63. The molecule has 0 bridgehead atoms. The molecule has 21 heavy (non-hydrogen) atoms. The van der Waals surface area contributed by atoms with E-state index in [0.717, 1.165) is 51.1 Å². The second kappa shape index (κ2) is 11.5. The molecule has 0 saturated heterocycles. The van der Waals surface area contributed by atoms with Gasteiger partial charge in [-0.15, -0.1) is 0 Å². The van der Waals surface area contributed by atoms with E-state index in [1.165, 1.54) is 11.1 Å². The predicted molar refractivity (Wildman–Crippen MR) is 90.4 cm³/mol. The van der Waals surface area contributed by atoms with Crippen molar-refractivity contribution in [1.82, 2.24) is 0 Å². The zero-order valence-corrected chi connectivity index (χ0v) is 14.3. The highest BCUT2D eigenvalue weighted by molar-refractivity contribution is 5.83. The quantitative estimate of drug-likeness (QED) is 0.273. The number of hydrogen-bond donors (Lipinski definition) is 0. The topological polar surface area (TPSA) is 34.1 Å². The fourth-order valence-electron chi connectivity index (χ4n) is 2.56. The summed E-state index contributed by atoms with van der Waals surface area (Å²) >= 11 is 0. The Morgan fingerprint density at radius 2 is 1.05 bits per heavy atom. The number of aldehydes is 2. The van der Waals surface area contributed by atoms with Crippen molar-refractivity contribution in [3.8, 4) is 0 Å². The first-order chi connectivity index (χ1) is 10.1. The first kappa shape index (κ1) is 19.8. The summed E-state index contributed by atoms with van der Waals surface area (Å²) in [6.07, 6.45) is 13.2. The van der Waals surface area contributed by atoms with E-state index in [9.17, 15) is 9.59 Å². The van der Waals surface area contributed by atoms with Crippen LogP contribution in [0.5, 0.6) is 0 Å². The Bertz CT molecular complexity index is 316. The molecule has 0 atom stereocenters. The molecule has 0 saturated carbocycles. The molecule has 0 aliphatic rings. The first-order valence-corrected chi connectivity index (χ1v) is 8.39. The van der Waals surface area contributed by atoms with Crippen LogP contribution in [-0.2, 0) is 9.59 Å². The van der Waals surface area contributed by atoms with Crippen LogP contribution in [-0.4, -0.2) is 12.6 Å². The lowest BCUT2D eigenvalue weighted by Crippen LogP contribution is -2.24. The van der Waals surface area contributed by atoms with Gasteiger partial charge >= 0.3 is 0 Å². The number of hydrogen-bond acceptors (Lipinski definition) is 2. The summed E-state index contributed by atoms with van der Waals surface area (Å²) in [6, 6.07) is 0. The summed E-state index contributed by atoms with van der Waals surface area (Å²) in [5.41, 5.74) is 2.01. The third-order valence-corrected chi connectivity index (χ3v) is 4.37. The maximum atomic E-state index is 11.4. The normalized spacial score (nSPS) is 10.9. The van der Waals surface area contributed by atoms with Gasteiger partial charge in [0.15, 0.2) is 0 Å². The van der Waals surface area contributed by atoms with Gasteiger partial charge in [-0.05, 0) is 51.4 Å². The van der Waals surface area contributed by atoms with Crippen LogP contribution in [0.1, 0.15) is 79.1 Å². The van der Waals surface area contributed by atoms with Gasteiger partial charge in [-0.25, -0.2) is 0 Å². The van der Waals surface area contributed by atoms with Crippen LogP contribution < -0.4 is 0 Å². The molecule has 0 rings (SSSR count). The third kappa shape index (κ3) is 7.40. The lowest BCUT2D eigenvalue weighted by molar-refractivity contribution is -0.127. The molecule has 0 fully saturated rings. The summed E-state index contributed by atoms with van der Waals surface area (Å²) in [5.74, 6) is 0. The Morgan fingerprint density at radius 1 is 0.714 bits per heavy atom. The van der Waals surface area contributed by atoms with Gasteiger partial charge in [0.05, 0.1) is 5.41 Å². The van der Waals surface area contributed by atoms with Crippen molar-refractivity contribution < 1.29 is 9.59 Å². The number of allylic oxidation sites excluding steroid dienone is 4. The summed E-state index contributed by atoms with van der Waals surface area (Å²) in [7, 11) is 0. The molecule has 120 valence electrons. The highest BCUT2D eigenvalue weighted by Crippen LogP contribution is 2.27. The Morgan fingerprint density at radius 3 is 1.29 bits per heavy atom. The minimum Gasteiger partial charge on any atom is -0.302 e. The lowest BCUT2D eigenvalue weighted by Gasteiger charge is -2.20. The van der Waals surface area contributed by atoms with Crippen molar-refractivity contribution in [2.24, 2.45) is 5.41 Å². The van der Waals surface area contributed by atoms with Crippen molar-refractivity contribution in [2.45, 2.75) is 79.1 Å². The molecule has 0 amide bonds. The molecule has 0 aromatic rings. The van der Waals surface area contributed by atoms with Gasteiger partial charge in [0.25, 0.3) is 0 Å². The molecule has 2 heteroatoms. The van der Waals surface area contributed by atoms with E-state index >= 15 is 0 Å². The zero-order chi connectivity index (χ0) is 16.1. The molecule has 0 radical (unpaired) electrons. The molecule has 0 N–H and O–H groups in total. The highest BCUT2D eigenvalue weighted by atomic mass is 16.1. The average Bonchev–Trinajstić information content (AvgIpc) is 2.54. The van der Waals surface area contributed by atoms with E-state index in [2.05, 4.69) is 39.8 Å². The second-order valence-corrected chi connectivity index (χ2v) is 5.69. The van der Waals surface area contributed by atoms with Crippen molar-refractivity contribution >= 4 is 12.6 Å². The van der Waals surface area contributed by atoms with Gasteiger partial charge in [-0.3, -0.25) is 0 Å². The van der Waals surface area contributed by atoms with Gasteiger partial charge in [-0.2, -0.15) is 0 Å². The number of rotatable bonds is 12. The molecule has 0 heterocycles. The summed E-state index contributed by atoms with van der Waals surface area (Å²) in [5, 5.41) is 0. The molecule has 0 aliphatic carbocycles. The van der Waals surface area contributed by atoms with Gasteiger partial charge in [0.1, 0.15) is 12.6 Å². The van der Waals surface area contributed by atoms with E-state index in [1.54, 1.807) is 0 Å². The van der Waals surface area contributed by atoms with E-state index in [0.29, 0.717) is 12.8 Å². The minimum atomic E-state index is -0.799. The SMILES string of the molecule is CCC(=CCCC(C=O)(C=O)CCC=C(CC)CC)CC. The smallest absolute Gasteiger partial charge is 0.133 e. The first-order valence-electron chi connectivity index (χ1n) is 8.39. The van der Waals surface area contributed by atoms with Crippen LogP contribution >= 0.6 is 0 Å². The monoisotopic (exact) mass is 292 g/mol. The van der Waals surface area contributed by atoms with Gasteiger partial charge < -0.3 is 9.59 Å². The molecular weight excluding hydrogens is 260 g/mol. The maximum absolute atomic E-state index is 11.4. The second-order valence-electron chi connectivity index (χ2n) is 5.69. The Hall–Kier alpha value is -1.18. The maximum Gasteiger partial charge on any atom is 0.133 e. The highest BCUT2D eigenvalue weighted by Gasteiger charge is 2.27. The summed E-state index contributed by atoms with van der Waals surface area (Å²) in [6.45, 7) is 8.57. The summed E-state index contributed by atoms with van der Waals surface area (Å²) < 4.78 is 0. The Kier molecular flexibility index (Phi) is 10.8. The molecule has 0 aliphatic heterocycles. The summed E-state index contributed by atoms with van der Waals surface area (Å²) in [4.78, 5) is 22.8. The van der Waals surface area contributed by atoms with E-state index in [-0.39, 0.29) is 0 Å². The third-order valence-electron chi connectivity index (χ3n) is 4.37.